The maximum absolute atomic E-state index is 11.1. The van der Waals surface area contributed by atoms with Gasteiger partial charge in [0.2, 0.25) is 0 Å². The third-order valence-corrected chi connectivity index (χ3v) is 1.56. The number of nitrogens with zero attached hydrogens (tertiary/aromatic N) is 1. The largest absolute Gasteiger partial charge is 0.345 e. The molecule has 0 saturated carbocycles. The van der Waals surface area contributed by atoms with Crippen LogP contribution in [0.3, 0.4) is 0 Å². The first-order chi connectivity index (χ1) is 5.09. The summed E-state index contributed by atoms with van der Waals surface area (Å²) >= 11 is 0. The Bertz CT molecular complexity index is 148. The zero-order valence-corrected chi connectivity index (χ0v) is 10.6. The molecule has 1 radical (unpaired) electrons. The van der Waals surface area contributed by atoms with E-state index in [-0.39, 0.29) is 51.1 Å². The monoisotopic (exact) mass is 245 g/mol. The van der Waals surface area contributed by atoms with E-state index in [1.54, 1.807) is 11.9 Å². The smallest absolute Gasteiger partial charge is 0.195 e. The molecule has 67 valence electrons. The van der Waals surface area contributed by atoms with Crippen molar-refractivity contribution in [2.75, 3.05) is 7.05 Å². The van der Waals surface area contributed by atoms with Gasteiger partial charge in [-0.3, -0.25) is 4.79 Å². The molecule has 0 spiro atoms. The molecule has 4 heteroatoms. The molecule has 0 atom stereocenters. The molecule has 0 bridgehead atoms. The normalized spacial score (nSPS) is 8.67. The van der Waals surface area contributed by atoms with Gasteiger partial charge in [0, 0.05) is 45.8 Å². The van der Waals surface area contributed by atoms with E-state index in [9.17, 15) is 9.59 Å². The van der Waals surface area contributed by atoms with Crippen LogP contribution >= 0.6 is 0 Å². The molecule has 0 aliphatic heterocycles. The molecule has 0 fully saturated rings. The van der Waals surface area contributed by atoms with E-state index in [1.165, 1.54) is 6.42 Å². The Labute approximate surface area is 98.8 Å². The fourth-order valence-electron chi connectivity index (χ4n) is 0.581. The number of hydrogen-bond donors (Lipinski definition) is 0. The van der Waals surface area contributed by atoms with Crippen molar-refractivity contribution in [2.45, 2.75) is 26.3 Å². The van der Waals surface area contributed by atoms with Gasteiger partial charge < -0.3 is 16.1 Å². The van der Waals surface area contributed by atoms with Crippen LogP contribution in [0.15, 0.2) is 0 Å². The minimum Gasteiger partial charge on any atom is -0.345 e. The standard InChI is InChI=1S/C8H14NO2.Y/c1-7(2)9(3)8(11)5-4-6-10;/h4,6-7H,5H2,1-3H3;/q-1;. The first kappa shape index (κ1) is 14.6. The van der Waals surface area contributed by atoms with Crippen molar-refractivity contribution >= 4 is 12.2 Å². The predicted molar refractivity (Wildman–Crippen MR) is 42.9 cm³/mol. The number of hydrogen-bond acceptors (Lipinski definition) is 2. The number of rotatable bonds is 4. The van der Waals surface area contributed by atoms with Gasteiger partial charge in [-0.15, -0.1) is 0 Å². The minimum absolute atomic E-state index is 0. The molecule has 0 aromatic rings. The number of carbonyl (C=O) groups excluding carboxylic acids is 2. The van der Waals surface area contributed by atoms with Gasteiger partial charge in [-0.05, 0) is 20.1 Å². The van der Waals surface area contributed by atoms with Crippen molar-refractivity contribution in [1.82, 2.24) is 4.90 Å². The summed E-state index contributed by atoms with van der Waals surface area (Å²) in [6.07, 6.45) is 2.17. The van der Waals surface area contributed by atoms with Crippen LogP contribution in [-0.4, -0.2) is 30.2 Å². The van der Waals surface area contributed by atoms with Crippen molar-refractivity contribution in [3.05, 3.63) is 6.42 Å². The van der Waals surface area contributed by atoms with Crippen LogP contribution in [0.1, 0.15) is 20.3 Å². The zero-order valence-electron chi connectivity index (χ0n) is 7.78. The van der Waals surface area contributed by atoms with Gasteiger partial charge in [-0.25, -0.2) is 0 Å². The maximum atomic E-state index is 11.1. The van der Waals surface area contributed by atoms with E-state index >= 15 is 0 Å². The molecule has 0 unspecified atom stereocenters. The van der Waals surface area contributed by atoms with Crippen molar-refractivity contribution in [3.63, 3.8) is 0 Å². The molecule has 0 aromatic carbocycles. The molecule has 0 rings (SSSR count). The average Bonchev–Trinajstić information content (AvgIpc) is 1.98. The molecule has 0 N–H and O–H groups in total. The Morgan fingerprint density at radius 2 is 2.08 bits per heavy atom. The summed E-state index contributed by atoms with van der Waals surface area (Å²) in [6, 6.07) is 0.197. The molecular weight excluding hydrogens is 231 g/mol. The molecule has 1 amide bonds. The van der Waals surface area contributed by atoms with E-state index in [4.69, 9.17) is 0 Å². The molecule has 0 aromatic heterocycles. The average molecular weight is 245 g/mol. The van der Waals surface area contributed by atoms with Crippen LogP contribution in [0.2, 0.25) is 0 Å². The van der Waals surface area contributed by atoms with Crippen molar-refractivity contribution in [3.8, 4) is 0 Å². The molecule has 3 nitrogen and oxygen atoms in total. The summed E-state index contributed by atoms with van der Waals surface area (Å²) in [6.45, 7) is 3.86. The summed E-state index contributed by atoms with van der Waals surface area (Å²) in [7, 11) is 1.73. The van der Waals surface area contributed by atoms with Gasteiger partial charge in [0.1, 0.15) is 0 Å². The van der Waals surface area contributed by atoms with E-state index < -0.39 is 0 Å². The van der Waals surface area contributed by atoms with Gasteiger partial charge in [0.25, 0.3) is 0 Å². The van der Waals surface area contributed by atoms with Gasteiger partial charge in [-0.2, -0.15) is 0 Å². The molecule has 0 aliphatic rings. The van der Waals surface area contributed by atoms with E-state index in [1.807, 2.05) is 13.8 Å². The van der Waals surface area contributed by atoms with Crippen LogP contribution in [0, 0.1) is 6.42 Å². The van der Waals surface area contributed by atoms with Gasteiger partial charge in [0.05, 0.1) is 0 Å². The topological polar surface area (TPSA) is 37.4 Å². The number of carbonyl (C=O) groups is 2. The Balaban J connectivity index is 0. The van der Waals surface area contributed by atoms with Crippen molar-refractivity contribution in [1.29, 1.82) is 0 Å². The molecule has 0 aliphatic carbocycles. The van der Waals surface area contributed by atoms with Gasteiger partial charge in [0.15, 0.2) is 5.91 Å². The van der Waals surface area contributed by atoms with Crippen LogP contribution < -0.4 is 0 Å². The Kier molecular flexibility index (Phi) is 9.44. The molecule has 0 heterocycles. The SMILES string of the molecule is CC(C)N(C)C(=O)C[CH-]C=O.[Y]. The predicted octanol–water partition coefficient (Wildman–Crippen LogP) is 0.644. The summed E-state index contributed by atoms with van der Waals surface area (Å²) in [4.78, 5) is 22.6. The quantitative estimate of drug-likeness (QED) is 0.538. The zero-order chi connectivity index (χ0) is 8.85. The molecule has 0 saturated heterocycles. The fourth-order valence-corrected chi connectivity index (χ4v) is 0.581. The van der Waals surface area contributed by atoms with Crippen LogP contribution in [0.4, 0.5) is 0 Å². The first-order valence-corrected chi connectivity index (χ1v) is 3.62. The van der Waals surface area contributed by atoms with Crippen LogP contribution in [0.25, 0.3) is 0 Å². The Morgan fingerprint density at radius 3 is 2.42 bits per heavy atom. The third kappa shape index (κ3) is 5.72. The van der Waals surface area contributed by atoms with Crippen molar-refractivity contribution in [2.24, 2.45) is 0 Å². The van der Waals surface area contributed by atoms with Crippen LogP contribution in [-0.2, 0) is 42.3 Å². The third-order valence-electron chi connectivity index (χ3n) is 1.56. The summed E-state index contributed by atoms with van der Waals surface area (Å²) in [5.74, 6) is -0.0212. The number of amides is 1. The van der Waals surface area contributed by atoms with Crippen molar-refractivity contribution < 1.29 is 42.3 Å². The van der Waals surface area contributed by atoms with Crippen LogP contribution in [0.5, 0.6) is 0 Å². The fraction of sp³-hybridized carbons (Fsp3) is 0.625. The second-order valence-corrected chi connectivity index (χ2v) is 2.67. The summed E-state index contributed by atoms with van der Waals surface area (Å²) in [5, 5.41) is 0. The van der Waals surface area contributed by atoms with Gasteiger partial charge >= 0.3 is 0 Å². The Morgan fingerprint density at radius 1 is 1.58 bits per heavy atom. The second kappa shape index (κ2) is 7.75. The maximum Gasteiger partial charge on any atom is 0.195 e. The minimum atomic E-state index is -0.0212. The summed E-state index contributed by atoms with van der Waals surface area (Å²) < 4.78 is 0. The summed E-state index contributed by atoms with van der Waals surface area (Å²) in [5.41, 5.74) is 0. The van der Waals surface area contributed by atoms with E-state index in [0.717, 1.165) is 0 Å². The number of aldehydes is 1. The van der Waals surface area contributed by atoms with E-state index in [0.29, 0.717) is 6.29 Å². The first-order valence-electron chi connectivity index (χ1n) is 3.62. The second-order valence-electron chi connectivity index (χ2n) is 2.67. The molecular formula is C8H14NO2Y-. The Hall–Kier alpha value is 0.114. The van der Waals surface area contributed by atoms with E-state index in [2.05, 4.69) is 0 Å². The van der Waals surface area contributed by atoms with Gasteiger partial charge in [-0.1, -0.05) is 6.42 Å². The molecule has 12 heavy (non-hydrogen) atoms.